The lowest BCUT2D eigenvalue weighted by Crippen LogP contribution is -2.28. The number of ether oxygens (including phenoxy) is 1. The van der Waals surface area contributed by atoms with Crippen LogP contribution in [-0.4, -0.2) is 33.7 Å². The summed E-state index contributed by atoms with van der Waals surface area (Å²) in [6.45, 7) is 1.59. The Morgan fingerprint density at radius 2 is 2.24 bits per heavy atom. The van der Waals surface area contributed by atoms with Gasteiger partial charge in [-0.15, -0.1) is 0 Å². The minimum absolute atomic E-state index is 0.0357. The zero-order chi connectivity index (χ0) is 15.4. The molecule has 1 atom stereocenters. The molecule has 0 aliphatic rings. The third kappa shape index (κ3) is 3.09. The molecule has 0 radical (unpaired) electrons. The summed E-state index contributed by atoms with van der Waals surface area (Å²) in [5.74, 6) is -1.04. The van der Waals surface area contributed by atoms with Crippen molar-refractivity contribution in [1.29, 1.82) is 0 Å². The SMILES string of the molecule is CCOC(=O)C(O)/C(=C\c1c[nH]c2ccccc12)[N+](=O)[O-]. The van der Waals surface area contributed by atoms with Crippen molar-refractivity contribution >= 4 is 22.9 Å². The van der Waals surface area contributed by atoms with E-state index in [4.69, 9.17) is 0 Å². The molecule has 0 fully saturated rings. The van der Waals surface area contributed by atoms with Gasteiger partial charge in [-0.3, -0.25) is 10.1 Å². The van der Waals surface area contributed by atoms with Gasteiger partial charge < -0.3 is 14.8 Å². The smallest absolute Gasteiger partial charge is 0.346 e. The zero-order valence-corrected chi connectivity index (χ0v) is 11.3. The van der Waals surface area contributed by atoms with Crippen molar-refractivity contribution in [3.8, 4) is 0 Å². The van der Waals surface area contributed by atoms with Gasteiger partial charge in [-0.1, -0.05) is 18.2 Å². The number of aliphatic hydroxyl groups excluding tert-OH is 1. The molecule has 1 unspecified atom stereocenters. The second kappa shape index (κ2) is 6.19. The summed E-state index contributed by atoms with van der Waals surface area (Å²) in [5, 5.41) is 21.6. The molecule has 0 bridgehead atoms. The summed E-state index contributed by atoms with van der Waals surface area (Å²) < 4.78 is 4.60. The van der Waals surface area contributed by atoms with Gasteiger partial charge in [-0.2, -0.15) is 0 Å². The van der Waals surface area contributed by atoms with Gasteiger partial charge in [0.1, 0.15) is 0 Å². The number of H-pyrrole nitrogens is 1. The van der Waals surface area contributed by atoms with E-state index in [2.05, 4.69) is 9.72 Å². The van der Waals surface area contributed by atoms with E-state index in [9.17, 15) is 20.0 Å². The largest absolute Gasteiger partial charge is 0.464 e. The summed E-state index contributed by atoms with van der Waals surface area (Å²) in [6.07, 6.45) is 0.820. The number of fused-ring (bicyclic) bond motifs is 1. The first-order valence-corrected chi connectivity index (χ1v) is 6.31. The van der Waals surface area contributed by atoms with Gasteiger partial charge in [0.2, 0.25) is 6.10 Å². The minimum Gasteiger partial charge on any atom is -0.464 e. The molecule has 110 valence electrons. The lowest BCUT2D eigenvalue weighted by Gasteiger charge is -2.07. The Morgan fingerprint density at radius 1 is 1.52 bits per heavy atom. The molecular weight excluding hydrogens is 276 g/mol. The van der Waals surface area contributed by atoms with Crippen LogP contribution in [0.5, 0.6) is 0 Å². The maximum atomic E-state index is 11.5. The highest BCUT2D eigenvalue weighted by Gasteiger charge is 2.31. The average molecular weight is 290 g/mol. The molecule has 2 N–H and O–H groups in total. The molecule has 1 aromatic heterocycles. The molecule has 0 saturated heterocycles. The van der Waals surface area contributed by atoms with E-state index in [1.807, 2.05) is 12.1 Å². The number of rotatable bonds is 5. The highest BCUT2D eigenvalue weighted by molar-refractivity contribution is 5.90. The van der Waals surface area contributed by atoms with Crippen molar-refractivity contribution in [2.45, 2.75) is 13.0 Å². The summed E-state index contributed by atoms with van der Waals surface area (Å²) in [5.41, 5.74) is 0.691. The van der Waals surface area contributed by atoms with Crippen molar-refractivity contribution in [2.75, 3.05) is 6.61 Å². The number of nitrogens with one attached hydrogen (secondary N) is 1. The zero-order valence-electron chi connectivity index (χ0n) is 11.3. The molecule has 0 spiro atoms. The van der Waals surface area contributed by atoms with E-state index < -0.39 is 22.7 Å². The van der Waals surface area contributed by atoms with E-state index in [-0.39, 0.29) is 6.61 Å². The van der Waals surface area contributed by atoms with Crippen LogP contribution in [0.15, 0.2) is 36.2 Å². The summed E-state index contributed by atoms with van der Waals surface area (Å²) in [6, 6.07) is 7.22. The first-order valence-electron chi connectivity index (χ1n) is 6.31. The van der Waals surface area contributed by atoms with Crippen molar-refractivity contribution < 1.29 is 19.6 Å². The maximum absolute atomic E-state index is 11.5. The number of carbonyl (C=O) groups excluding carboxylic acids is 1. The van der Waals surface area contributed by atoms with Gasteiger partial charge >= 0.3 is 5.97 Å². The Hall–Kier alpha value is -2.67. The lowest BCUT2D eigenvalue weighted by atomic mass is 10.1. The van der Waals surface area contributed by atoms with Gasteiger partial charge in [-0.05, 0) is 13.0 Å². The first-order chi connectivity index (χ1) is 10.0. The fourth-order valence-electron chi connectivity index (χ4n) is 1.95. The molecule has 7 nitrogen and oxygen atoms in total. The van der Waals surface area contributed by atoms with Crippen LogP contribution in [0.1, 0.15) is 12.5 Å². The second-order valence-corrected chi connectivity index (χ2v) is 4.27. The number of hydrogen-bond acceptors (Lipinski definition) is 5. The van der Waals surface area contributed by atoms with Crippen LogP contribution in [-0.2, 0) is 9.53 Å². The van der Waals surface area contributed by atoms with E-state index in [0.717, 1.165) is 10.9 Å². The quantitative estimate of drug-likeness (QED) is 0.495. The molecular formula is C14H14N2O5. The van der Waals surface area contributed by atoms with E-state index in [0.29, 0.717) is 5.56 Å². The number of aliphatic hydroxyl groups is 1. The molecule has 0 aliphatic carbocycles. The van der Waals surface area contributed by atoms with Gasteiger partial charge in [-0.25, -0.2) is 4.79 Å². The maximum Gasteiger partial charge on any atom is 0.346 e. The number of nitrogens with zero attached hydrogens (tertiary/aromatic N) is 1. The van der Waals surface area contributed by atoms with Gasteiger partial charge in [0.15, 0.2) is 0 Å². The monoisotopic (exact) mass is 290 g/mol. The number of aromatic amines is 1. The third-order valence-electron chi connectivity index (χ3n) is 2.93. The number of esters is 1. The number of hydrogen-bond donors (Lipinski definition) is 2. The van der Waals surface area contributed by atoms with E-state index >= 15 is 0 Å². The Balaban J connectivity index is 2.42. The van der Waals surface area contributed by atoms with Crippen molar-refractivity contribution in [3.05, 3.63) is 51.8 Å². The number of aromatic nitrogens is 1. The van der Waals surface area contributed by atoms with Crippen LogP contribution in [0.2, 0.25) is 0 Å². The molecule has 2 rings (SSSR count). The van der Waals surface area contributed by atoms with Crippen LogP contribution in [0.4, 0.5) is 0 Å². The second-order valence-electron chi connectivity index (χ2n) is 4.27. The summed E-state index contributed by atoms with van der Waals surface area (Å²) in [7, 11) is 0. The van der Waals surface area contributed by atoms with Gasteiger partial charge in [0, 0.05) is 28.7 Å². The summed E-state index contributed by atoms with van der Waals surface area (Å²) >= 11 is 0. The molecule has 0 saturated carbocycles. The lowest BCUT2D eigenvalue weighted by molar-refractivity contribution is -0.432. The standard InChI is InChI=1S/C14H14N2O5/c1-2-21-14(18)13(17)12(16(19)20)7-9-8-15-11-6-4-3-5-10(9)11/h3-8,13,15,17H,2H2,1H3/b12-7+. The molecule has 7 heteroatoms. The van der Waals surface area contributed by atoms with Crippen molar-refractivity contribution in [1.82, 2.24) is 4.98 Å². The predicted octanol–water partition coefficient (Wildman–Crippen LogP) is 1.71. The van der Waals surface area contributed by atoms with Crippen LogP contribution < -0.4 is 0 Å². The molecule has 2 aromatic rings. The van der Waals surface area contributed by atoms with Crippen molar-refractivity contribution in [3.63, 3.8) is 0 Å². The summed E-state index contributed by atoms with van der Waals surface area (Å²) in [4.78, 5) is 24.7. The van der Waals surface area contributed by atoms with Gasteiger partial charge in [0.05, 0.1) is 11.5 Å². The Kier molecular flexibility index (Phi) is 4.34. The molecule has 1 aromatic carbocycles. The third-order valence-corrected chi connectivity index (χ3v) is 2.93. The molecule has 21 heavy (non-hydrogen) atoms. The van der Waals surface area contributed by atoms with Crippen LogP contribution in [0.25, 0.3) is 17.0 Å². The highest BCUT2D eigenvalue weighted by Crippen LogP contribution is 2.21. The average Bonchev–Trinajstić information content (AvgIpc) is 2.87. The van der Waals surface area contributed by atoms with Crippen LogP contribution in [0, 0.1) is 10.1 Å². The Bertz CT molecular complexity index is 704. The molecule has 0 aliphatic heterocycles. The van der Waals surface area contributed by atoms with Crippen LogP contribution in [0.3, 0.4) is 0 Å². The van der Waals surface area contributed by atoms with Crippen LogP contribution >= 0.6 is 0 Å². The Labute approximate surface area is 120 Å². The molecule has 0 amide bonds. The van der Waals surface area contributed by atoms with Crippen molar-refractivity contribution in [2.24, 2.45) is 0 Å². The number of para-hydroxylation sites is 1. The highest BCUT2D eigenvalue weighted by atomic mass is 16.6. The normalized spacial score (nSPS) is 13.1. The fraction of sp³-hybridized carbons (Fsp3) is 0.214. The predicted molar refractivity (Wildman–Crippen MR) is 75.9 cm³/mol. The number of benzene rings is 1. The first kappa shape index (κ1) is 14.7. The van der Waals surface area contributed by atoms with E-state index in [1.165, 1.54) is 6.08 Å². The number of nitro groups is 1. The number of carbonyl (C=O) groups is 1. The fourth-order valence-corrected chi connectivity index (χ4v) is 1.95. The molecule has 1 heterocycles. The minimum atomic E-state index is -1.92. The van der Waals surface area contributed by atoms with E-state index in [1.54, 1.807) is 25.3 Å². The topological polar surface area (TPSA) is 105 Å². The Morgan fingerprint density at radius 3 is 2.90 bits per heavy atom. The van der Waals surface area contributed by atoms with Gasteiger partial charge in [0.25, 0.3) is 5.70 Å².